The first-order valence-corrected chi connectivity index (χ1v) is 9.09. The monoisotopic (exact) mass is 370 g/mol. The number of quaternary nitrogens is 1. The van der Waals surface area contributed by atoms with Crippen molar-refractivity contribution in [3.8, 4) is 5.75 Å². The Morgan fingerprint density at radius 2 is 1.59 bits per heavy atom. The summed E-state index contributed by atoms with van der Waals surface area (Å²) in [6.45, 7) is 6.92. The standard InChI is InChI=1S/C21H27N3O3/c1-5-27-18-11-9-17(10-12-18)22-20(25)13-24(4)14-21(26)23-19-8-6-7-15(2)16(19)3/h6-12H,5,13-14H2,1-4H3,(H,22,25)(H,23,26)/p+1. The maximum absolute atomic E-state index is 12.2. The molecule has 1 unspecified atom stereocenters. The average Bonchev–Trinajstić information content (AvgIpc) is 2.60. The van der Waals surface area contributed by atoms with E-state index in [1.807, 2.05) is 58.2 Å². The van der Waals surface area contributed by atoms with Crippen LogP contribution >= 0.6 is 0 Å². The lowest BCUT2D eigenvalue weighted by molar-refractivity contribution is -0.862. The number of nitrogens with one attached hydrogen (secondary N) is 3. The predicted octanol–water partition coefficient (Wildman–Crippen LogP) is 1.79. The van der Waals surface area contributed by atoms with Gasteiger partial charge in [0.15, 0.2) is 13.1 Å². The Hall–Kier alpha value is -2.86. The Labute approximate surface area is 160 Å². The predicted molar refractivity (Wildman–Crippen MR) is 107 cm³/mol. The maximum atomic E-state index is 12.2. The van der Waals surface area contributed by atoms with Crippen molar-refractivity contribution in [3.63, 3.8) is 0 Å². The fourth-order valence-electron chi connectivity index (χ4n) is 2.70. The van der Waals surface area contributed by atoms with Gasteiger partial charge in [0.25, 0.3) is 11.8 Å². The number of ether oxygens (including phenoxy) is 1. The van der Waals surface area contributed by atoms with Gasteiger partial charge in [-0.15, -0.1) is 0 Å². The molecule has 0 saturated carbocycles. The third-order valence-corrected chi connectivity index (χ3v) is 4.25. The van der Waals surface area contributed by atoms with Crippen LogP contribution in [0, 0.1) is 13.8 Å². The SMILES string of the molecule is CCOc1ccc(NC(=O)C[NH+](C)CC(=O)Nc2cccc(C)c2C)cc1. The van der Waals surface area contributed by atoms with Gasteiger partial charge in [-0.2, -0.15) is 0 Å². The molecule has 6 heteroatoms. The number of amides is 2. The van der Waals surface area contributed by atoms with Crippen LogP contribution in [-0.4, -0.2) is 38.6 Å². The molecule has 0 aliphatic rings. The van der Waals surface area contributed by atoms with Crippen molar-refractivity contribution in [1.82, 2.24) is 0 Å². The maximum Gasteiger partial charge on any atom is 0.279 e. The first-order valence-electron chi connectivity index (χ1n) is 9.09. The van der Waals surface area contributed by atoms with E-state index in [1.54, 1.807) is 12.1 Å². The Kier molecular flexibility index (Phi) is 7.37. The number of anilines is 2. The van der Waals surface area contributed by atoms with Crippen LogP contribution in [0.4, 0.5) is 11.4 Å². The van der Waals surface area contributed by atoms with Crippen LogP contribution in [-0.2, 0) is 9.59 Å². The van der Waals surface area contributed by atoms with Crippen LogP contribution in [0.25, 0.3) is 0 Å². The highest BCUT2D eigenvalue weighted by Gasteiger charge is 2.15. The number of benzene rings is 2. The fourth-order valence-corrected chi connectivity index (χ4v) is 2.70. The van der Waals surface area contributed by atoms with Gasteiger partial charge in [0.1, 0.15) is 5.75 Å². The molecule has 27 heavy (non-hydrogen) atoms. The molecule has 0 bridgehead atoms. The molecule has 1 atom stereocenters. The third kappa shape index (κ3) is 6.42. The quantitative estimate of drug-likeness (QED) is 0.663. The molecular weight excluding hydrogens is 342 g/mol. The molecule has 0 radical (unpaired) electrons. The number of hydrogen-bond acceptors (Lipinski definition) is 3. The smallest absolute Gasteiger partial charge is 0.279 e. The zero-order valence-corrected chi connectivity index (χ0v) is 16.4. The summed E-state index contributed by atoms with van der Waals surface area (Å²) < 4.78 is 5.38. The molecule has 6 nitrogen and oxygen atoms in total. The molecule has 2 amide bonds. The lowest BCUT2D eigenvalue weighted by Gasteiger charge is -2.15. The highest BCUT2D eigenvalue weighted by atomic mass is 16.5. The lowest BCUT2D eigenvalue weighted by Crippen LogP contribution is -3.11. The van der Waals surface area contributed by atoms with Crippen LogP contribution in [0.15, 0.2) is 42.5 Å². The van der Waals surface area contributed by atoms with Crippen LogP contribution in [0.5, 0.6) is 5.75 Å². The van der Waals surface area contributed by atoms with Crippen molar-refractivity contribution in [3.05, 3.63) is 53.6 Å². The van der Waals surface area contributed by atoms with E-state index < -0.39 is 0 Å². The summed E-state index contributed by atoms with van der Waals surface area (Å²) in [5.41, 5.74) is 3.70. The van der Waals surface area contributed by atoms with Crippen molar-refractivity contribution < 1.29 is 19.2 Å². The van der Waals surface area contributed by atoms with Gasteiger partial charge in [-0.05, 0) is 62.2 Å². The number of carbonyl (C=O) groups excluding carboxylic acids is 2. The number of hydrogen-bond donors (Lipinski definition) is 3. The van der Waals surface area contributed by atoms with E-state index in [9.17, 15) is 9.59 Å². The van der Waals surface area contributed by atoms with Crippen LogP contribution < -0.4 is 20.3 Å². The van der Waals surface area contributed by atoms with E-state index >= 15 is 0 Å². The molecule has 0 saturated heterocycles. The first-order chi connectivity index (χ1) is 12.9. The molecule has 2 aromatic carbocycles. The minimum Gasteiger partial charge on any atom is -0.494 e. The summed E-state index contributed by atoms with van der Waals surface area (Å²) in [6.07, 6.45) is 0. The Balaban J connectivity index is 1.81. The van der Waals surface area contributed by atoms with E-state index in [0.717, 1.165) is 27.5 Å². The van der Waals surface area contributed by atoms with Gasteiger partial charge >= 0.3 is 0 Å². The second-order valence-electron chi connectivity index (χ2n) is 6.61. The first kappa shape index (κ1) is 20.5. The minimum atomic E-state index is -0.142. The number of rotatable bonds is 8. The lowest BCUT2D eigenvalue weighted by atomic mass is 10.1. The number of aryl methyl sites for hydroxylation is 1. The van der Waals surface area contributed by atoms with Gasteiger partial charge < -0.3 is 20.3 Å². The molecule has 0 spiro atoms. The van der Waals surface area contributed by atoms with Gasteiger partial charge in [0.05, 0.1) is 13.7 Å². The molecule has 2 rings (SSSR count). The number of likely N-dealkylation sites (N-methyl/N-ethyl adjacent to an activating group) is 1. The third-order valence-electron chi connectivity index (χ3n) is 4.25. The summed E-state index contributed by atoms with van der Waals surface area (Å²) in [5.74, 6) is 0.507. The molecule has 0 aromatic heterocycles. The molecule has 2 aromatic rings. The molecule has 0 heterocycles. The summed E-state index contributed by atoms with van der Waals surface area (Å²) in [5, 5.41) is 5.75. The highest BCUT2D eigenvalue weighted by molar-refractivity contribution is 5.93. The zero-order valence-electron chi connectivity index (χ0n) is 16.4. The van der Waals surface area contributed by atoms with Crippen molar-refractivity contribution in [2.75, 3.05) is 37.4 Å². The topological polar surface area (TPSA) is 71.9 Å². The molecular formula is C21H28N3O3+. The van der Waals surface area contributed by atoms with E-state index in [0.29, 0.717) is 12.3 Å². The Bertz CT molecular complexity index is 788. The van der Waals surface area contributed by atoms with Crippen molar-refractivity contribution in [1.29, 1.82) is 0 Å². The zero-order chi connectivity index (χ0) is 19.8. The van der Waals surface area contributed by atoms with Crippen LogP contribution in [0.2, 0.25) is 0 Å². The van der Waals surface area contributed by atoms with Crippen LogP contribution in [0.1, 0.15) is 18.1 Å². The van der Waals surface area contributed by atoms with Gasteiger partial charge in [-0.25, -0.2) is 0 Å². The Morgan fingerprint density at radius 1 is 0.963 bits per heavy atom. The highest BCUT2D eigenvalue weighted by Crippen LogP contribution is 2.17. The van der Waals surface area contributed by atoms with E-state index in [-0.39, 0.29) is 24.9 Å². The van der Waals surface area contributed by atoms with Gasteiger partial charge in [-0.1, -0.05) is 12.1 Å². The van der Waals surface area contributed by atoms with Crippen molar-refractivity contribution >= 4 is 23.2 Å². The minimum absolute atomic E-state index is 0.116. The van der Waals surface area contributed by atoms with Crippen molar-refractivity contribution in [2.24, 2.45) is 0 Å². The molecule has 0 fully saturated rings. The summed E-state index contributed by atoms with van der Waals surface area (Å²) in [7, 11) is 1.82. The second kappa shape index (κ2) is 9.73. The van der Waals surface area contributed by atoms with Crippen molar-refractivity contribution in [2.45, 2.75) is 20.8 Å². The summed E-state index contributed by atoms with van der Waals surface area (Å²) in [4.78, 5) is 25.2. The van der Waals surface area contributed by atoms with Gasteiger partial charge in [0, 0.05) is 11.4 Å². The second-order valence-corrected chi connectivity index (χ2v) is 6.61. The Morgan fingerprint density at radius 3 is 2.22 bits per heavy atom. The van der Waals surface area contributed by atoms with Gasteiger partial charge in [0.2, 0.25) is 0 Å². The molecule has 3 N–H and O–H groups in total. The summed E-state index contributed by atoms with van der Waals surface area (Å²) >= 11 is 0. The van der Waals surface area contributed by atoms with E-state index in [2.05, 4.69) is 10.6 Å². The van der Waals surface area contributed by atoms with E-state index in [4.69, 9.17) is 4.74 Å². The molecule has 0 aliphatic carbocycles. The van der Waals surface area contributed by atoms with E-state index in [1.165, 1.54) is 0 Å². The number of carbonyl (C=O) groups is 2. The normalized spacial score (nSPS) is 11.6. The molecule has 144 valence electrons. The molecule has 0 aliphatic heterocycles. The largest absolute Gasteiger partial charge is 0.494 e. The van der Waals surface area contributed by atoms with Crippen LogP contribution in [0.3, 0.4) is 0 Å². The summed E-state index contributed by atoms with van der Waals surface area (Å²) in [6, 6.07) is 13.0. The fraction of sp³-hybridized carbons (Fsp3) is 0.333. The average molecular weight is 370 g/mol. The van der Waals surface area contributed by atoms with Gasteiger partial charge in [-0.3, -0.25) is 9.59 Å².